The van der Waals surface area contributed by atoms with Crippen molar-refractivity contribution in [3.8, 4) is 5.75 Å². The number of nitrogens with one attached hydrogen (secondary N) is 1. The summed E-state index contributed by atoms with van der Waals surface area (Å²) >= 11 is 0. The van der Waals surface area contributed by atoms with Crippen molar-refractivity contribution in [2.75, 3.05) is 11.8 Å². The first kappa shape index (κ1) is 17.3. The molecule has 0 heterocycles. The lowest BCUT2D eigenvalue weighted by atomic mass is 10.2. The van der Waals surface area contributed by atoms with Crippen LogP contribution in [0, 0.1) is 6.92 Å². The van der Waals surface area contributed by atoms with Crippen LogP contribution in [0.1, 0.15) is 5.56 Å². The van der Waals surface area contributed by atoms with Gasteiger partial charge in [-0.05, 0) is 42.8 Å². The summed E-state index contributed by atoms with van der Waals surface area (Å²) in [6, 6.07) is 9.98. The third-order valence-corrected chi connectivity index (χ3v) is 5.34. The molecule has 2 aromatic rings. The minimum atomic E-state index is -3.95. The number of nitrogens with two attached hydrogens (primary N) is 1. The highest BCUT2D eigenvalue weighted by Gasteiger charge is 2.20. The van der Waals surface area contributed by atoms with E-state index in [9.17, 15) is 16.8 Å². The predicted molar refractivity (Wildman–Crippen MR) is 86.4 cm³/mol. The van der Waals surface area contributed by atoms with Gasteiger partial charge in [-0.1, -0.05) is 12.1 Å². The normalized spacial score (nSPS) is 12.0. The van der Waals surface area contributed by atoms with Crippen LogP contribution in [0.5, 0.6) is 5.75 Å². The lowest BCUT2D eigenvalue weighted by Crippen LogP contribution is -2.16. The predicted octanol–water partition coefficient (Wildman–Crippen LogP) is 1.45. The summed E-state index contributed by atoms with van der Waals surface area (Å²) < 4.78 is 55.1. The van der Waals surface area contributed by atoms with Crippen molar-refractivity contribution in [2.24, 2.45) is 5.14 Å². The zero-order chi connectivity index (χ0) is 17.3. The Morgan fingerprint density at radius 2 is 1.74 bits per heavy atom. The van der Waals surface area contributed by atoms with Gasteiger partial charge in [0, 0.05) is 0 Å². The van der Waals surface area contributed by atoms with E-state index < -0.39 is 20.0 Å². The summed E-state index contributed by atoms with van der Waals surface area (Å²) in [6.07, 6.45) is 0. The molecule has 0 aliphatic carbocycles. The van der Waals surface area contributed by atoms with E-state index >= 15 is 0 Å². The monoisotopic (exact) mass is 356 g/mol. The van der Waals surface area contributed by atoms with Crippen LogP contribution in [0.4, 0.5) is 5.69 Å². The van der Waals surface area contributed by atoms with E-state index in [-0.39, 0.29) is 21.2 Å². The number of anilines is 1. The molecule has 0 aliphatic rings. The molecule has 2 rings (SSSR count). The molecule has 23 heavy (non-hydrogen) atoms. The fraction of sp³-hybridized carbons (Fsp3) is 0.143. The van der Waals surface area contributed by atoms with Crippen molar-refractivity contribution in [3.05, 3.63) is 48.0 Å². The fourth-order valence-corrected chi connectivity index (χ4v) is 3.80. The molecule has 0 radical (unpaired) electrons. The van der Waals surface area contributed by atoms with Crippen LogP contribution in [-0.2, 0) is 20.0 Å². The SMILES string of the molecule is COc1ccc(C)cc1S(=O)(=O)Nc1cccc(S(N)(=O)=O)c1. The van der Waals surface area contributed by atoms with E-state index in [0.29, 0.717) is 0 Å². The average Bonchev–Trinajstić information content (AvgIpc) is 2.46. The van der Waals surface area contributed by atoms with Gasteiger partial charge in [0.15, 0.2) is 0 Å². The molecule has 7 nitrogen and oxygen atoms in total. The Bertz CT molecular complexity index is 937. The van der Waals surface area contributed by atoms with Gasteiger partial charge in [0.25, 0.3) is 10.0 Å². The maximum atomic E-state index is 12.5. The van der Waals surface area contributed by atoms with Crippen molar-refractivity contribution >= 4 is 25.7 Å². The minimum absolute atomic E-state index is 0.0407. The van der Waals surface area contributed by atoms with Crippen LogP contribution in [0.15, 0.2) is 52.3 Å². The van der Waals surface area contributed by atoms with Crippen molar-refractivity contribution < 1.29 is 21.6 Å². The summed E-state index contributed by atoms with van der Waals surface area (Å²) in [7, 11) is -6.51. The van der Waals surface area contributed by atoms with Crippen LogP contribution >= 0.6 is 0 Å². The first-order valence-electron chi connectivity index (χ1n) is 6.44. The van der Waals surface area contributed by atoms with Crippen molar-refractivity contribution in [1.29, 1.82) is 0 Å². The summed E-state index contributed by atoms with van der Waals surface area (Å²) in [5, 5.41) is 5.04. The molecule has 9 heteroatoms. The van der Waals surface area contributed by atoms with Gasteiger partial charge < -0.3 is 4.74 Å². The second kappa shape index (κ2) is 6.19. The average molecular weight is 356 g/mol. The number of hydrogen-bond donors (Lipinski definition) is 2. The molecule has 3 N–H and O–H groups in total. The lowest BCUT2D eigenvalue weighted by Gasteiger charge is -2.12. The minimum Gasteiger partial charge on any atom is -0.495 e. The van der Waals surface area contributed by atoms with Crippen LogP contribution < -0.4 is 14.6 Å². The lowest BCUT2D eigenvalue weighted by molar-refractivity contribution is 0.402. The molecule has 124 valence electrons. The number of methoxy groups -OCH3 is 1. The summed E-state index contributed by atoms with van der Waals surface area (Å²) in [6.45, 7) is 1.75. The fourth-order valence-electron chi connectivity index (χ4n) is 1.94. The van der Waals surface area contributed by atoms with Crippen molar-refractivity contribution in [1.82, 2.24) is 0 Å². The summed E-state index contributed by atoms with van der Waals surface area (Å²) in [4.78, 5) is -0.227. The van der Waals surface area contributed by atoms with Crippen LogP contribution in [0.2, 0.25) is 0 Å². The van der Waals surface area contributed by atoms with E-state index in [1.165, 1.54) is 31.4 Å². The van der Waals surface area contributed by atoms with Crippen LogP contribution in [0.3, 0.4) is 0 Å². The van der Waals surface area contributed by atoms with E-state index in [2.05, 4.69) is 4.72 Å². The third-order valence-electron chi connectivity index (χ3n) is 3.02. The Morgan fingerprint density at radius 1 is 1.04 bits per heavy atom. The first-order valence-corrected chi connectivity index (χ1v) is 9.47. The molecule has 0 saturated heterocycles. The summed E-state index contributed by atoms with van der Waals surface area (Å²) in [5.41, 5.74) is 0.824. The Hall–Kier alpha value is -2.10. The molecule has 0 spiro atoms. The van der Waals surface area contributed by atoms with E-state index in [1.54, 1.807) is 19.1 Å². The smallest absolute Gasteiger partial charge is 0.265 e. The second-order valence-corrected chi connectivity index (χ2v) is 8.04. The molecule has 0 unspecified atom stereocenters. The Kier molecular flexibility index (Phi) is 4.64. The number of rotatable bonds is 5. The molecule has 0 aromatic heterocycles. The number of primary sulfonamides is 1. The standard InChI is InChI=1S/C14H16N2O5S2/c1-10-6-7-13(21-2)14(8-10)23(19,20)16-11-4-3-5-12(9-11)22(15,17)18/h3-9,16H,1-2H3,(H2,15,17,18). The molecule has 0 atom stereocenters. The second-order valence-electron chi connectivity index (χ2n) is 4.83. The maximum Gasteiger partial charge on any atom is 0.265 e. The Balaban J connectivity index is 2.45. The van der Waals surface area contributed by atoms with Crippen molar-refractivity contribution in [2.45, 2.75) is 16.7 Å². The molecule has 0 bridgehead atoms. The molecule has 0 aliphatic heterocycles. The number of aryl methyl sites for hydroxylation is 1. The quantitative estimate of drug-likeness (QED) is 0.841. The molecule has 0 saturated carbocycles. The van der Waals surface area contributed by atoms with Gasteiger partial charge in [-0.25, -0.2) is 22.0 Å². The van der Waals surface area contributed by atoms with E-state index in [1.807, 2.05) is 0 Å². The largest absolute Gasteiger partial charge is 0.495 e. The number of hydrogen-bond acceptors (Lipinski definition) is 5. The van der Waals surface area contributed by atoms with Gasteiger partial charge in [0.05, 0.1) is 17.7 Å². The molecular formula is C14H16N2O5S2. The summed E-state index contributed by atoms with van der Waals surface area (Å²) in [5.74, 6) is 0.186. The highest BCUT2D eigenvalue weighted by Crippen LogP contribution is 2.27. The topological polar surface area (TPSA) is 116 Å². The van der Waals surface area contributed by atoms with Gasteiger partial charge >= 0.3 is 0 Å². The molecule has 0 amide bonds. The van der Waals surface area contributed by atoms with Crippen LogP contribution in [-0.4, -0.2) is 23.9 Å². The van der Waals surface area contributed by atoms with Gasteiger partial charge in [-0.2, -0.15) is 0 Å². The number of sulfonamides is 2. The highest BCUT2D eigenvalue weighted by molar-refractivity contribution is 7.92. The van der Waals surface area contributed by atoms with Crippen LogP contribution in [0.25, 0.3) is 0 Å². The van der Waals surface area contributed by atoms with E-state index in [0.717, 1.165) is 11.6 Å². The number of benzene rings is 2. The zero-order valence-corrected chi connectivity index (χ0v) is 14.1. The Labute approximate surface area is 135 Å². The van der Waals surface area contributed by atoms with Gasteiger partial charge in [0.2, 0.25) is 10.0 Å². The Morgan fingerprint density at radius 3 is 2.35 bits per heavy atom. The zero-order valence-electron chi connectivity index (χ0n) is 12.5. The molecule has 2 aromatic carbocycles. The van der Waals surface area contributed by atoms with Gasteiger partial charge in [-0.15, -0.1) is 0 Å². The first-order chi connectivity index (χ1) is 10.6. The highest BCUT2D eigenvalue weighted by atomic mass is 32.2. The molecule has 0 fully saturated rings. The van der Waals surface area contributed by atoms with Gasteiger partial charge in [0.1, 0.15) is 10.6 Å². The van der Waals surface area contributed by atoms with Crippen molar-refractivity contribution in [3.63, 3.8) is 0 Å². The molecular weight excluding hydrogens is 340 g/mol. The van der Waals surface area contributed by atoms with E-state index in [4.69, 9.17) is 9.88 Å². The van der Waals surface area contributed by atoms with Gasteiger partial charge in [-0.3, -0.25) is 4.72 Å². The maximum absolute atomic E-state index is 12.5. The third kappa shape index (κ3) is 4.01. The number of ether oxygens (including phenoxy) is 1.